The molecule has 0 aliphatic rings. The highest BCUT2D eigenvalue weighted by Crippen LogP contribution is 2.07. The Morgan fingerprint density at radius 1 is 1.20 bits per heavy atom. The van der Waals surface area contributed by atoms with E-state index < -0.39 is 24.1 Å². The minimum atomic E-state index is -1.03. The van der Waals surface area contributed by atoms with E-state index in [4.69, 9.17) is 5.11 Å². The topological polar surface area (TPSA) is 92.7 Å². The van der Waals surface area contributed by atoms with E-state index >= 15 is 0 Å². The molecule has 0 fully saturated rings. The molecule has 0 saturated heterocycles. The number of amides is 1. The third-order valence-corrected chi connectivity index (χ3v) is 2.70. The van der Waals surface area contributed by atoms with Crippen LogP contribution in [0.1, 0.15) is 30.6 Å². The molecule has 108 valence electrons. The number of rotatable bonds is 5. The summed E-state index contributed by atoms with van der Waals surface area (Å²) in [5, 5.41) is 11.1. The van der Waals surface area contributed by atoms with E-state index in [0.717, 1.165) is 0 Å². The summed E-state index contributed by atoms with van der Waals surface area (Å²) in [4.78, 5) is 33.9. The third kappa shape index (κ3) is 5.09. The summed E-state index contributed by atoms with van der Waals surface area (Å²) < 4.78 is 4.62. The van der Waals surface area contributed by atoms with Gasteiger partial charge in [-0.15, -0.1) is 0 Å². The number of carbonyl (C=O) groups excluding carboxylic acids is 2. The van der Waals surface area contributed by atoms with Crippen LogP contribution in [0.3, 0.4) is 0 Å². The number of hydrogen-bond acceptors (Lipinski definition) is 4. The predicted molar refractivity (Wildman–Crippen MR) is 71.3 cm³/mol. The Morgan fingerprint density at radius 3 is 2.30 bits per heavy atom. The normalized spacial score (nSPS) is 11.8. The van der Waals surface area contributed by atoms with E-state index in [2.05, 4.69) is 10.1 Å². The average molecular weight is 279 g/mol. The highest BCUT2D eigenvalue weighted by atomic mass is 16.6. The zero-order valence-corrected chi connectivity index (χ0v) is 11.3. The van der Waals surface area contributed by atoms with Gasteiger partial charge in [0.1, 0.15) is 0 Å². The number of aliphatic carboxylic acids is 1. The Labute approximate surface area is 116 Å². The molecule has 0 saturated carbocycles. The van der Waals surface area contributed by atoms with Crippen LogP contribution in [0, 0.1) is 5.92 Å². The molecule has 1 atom stereocenters. The van der Waals surface area contributed by atoms with Gasteiger partial charge < -0.3 is 15.2 Å². The number of ether oxygens (including phenoxy) is 1. The summed E-state index contributed by atoms with van der Waals surface area (Å²) in [6, 6.07) is 7.48. The van der Waals surface area contributed by atoms with Crippen LogP contribution in [-0.4, -0.2) is 29.2 Å². The lowest BCUT2D eigenvalue weighted by Crippen LogP contribution is -2.41. The number of benzene rings is 1. The maximum atomic E-state index is 11.6. The van der Waals surface area contributed by atoms with Crippen LogP contribution in [0.2, 0.25) is 0 Å². The van der Waals surface area contributed by atoms with Crippen molar-refractivity contribution in [3.8, 4) is 0 Å². The molecule has 0 heterocycles. The first-order chi connectivity index (χ1) is 9.40. The van der Waals surface area contributed by atoms with Crippen molar-refractivity contribution in [2.45, 2.75) is 26.3 Å². The van der Waals surface area contributed by atoms with Crippen LogP contribution in [0.5, 0.6) is 0 Å². The molecule has 1 aromatic rings. The van der Waals surface area contributed by atoms with Crippen molar-refractivity contribution >= 4 is 18.0 Å². The monoisotopic (exact) mass is 279 g/mol. The number of carboxylic acids is 1. The molecular weight excluding hydrogens is 262 g/mol. The van der Waals surface area contributed by atoms with Gasteiger partial charge in [0, 0.05) is 6.04 Å². The molecule has 1 amide bonds. The number of carbonyl (C=O) groups is 3. The van der Waals surface area contributed by atoms with Gasteiger partial charge in [0.15, 0.2) is 0 Å². The van der Waals surface area contributed by atoms with E-state index in [9.17, 15) is 14.4 Å². The molecule has 0 spiro atoms. The Hall–Kier alpha value is -2.37. The van der Waals surface area contributed by atoms with E-state index in [1.54, 1.807) is 32.0 Å². The molecule has 1 rings (SSSR count). The van der Waals surface area contributed by atoms with Gasteiger partial charge in [0.25, 0.3) is 0 Å². The number of esters is 1. The molecule has 0 radical (unpaired) electrons. The van der Waals surface area contributed by atoms with Crippen molar-refractivity contribution in [3.05, 3.63) is 35.9 Å². The minimum Gasteiger partial charge on any atom is -0.481 e. The average Bonchev–Trinajstić information content (AvgIpc) is 2.38. The number of carboxylic acid groups (broad SMARTS) is 1. The second kappa shape index (κ2) is 7.28. The van der Waals surface area contributed by atoms with E-state index in [0.29, 0.717) is 0 Å². The Kier molecular flexibility index (Phi) is 5.71. The van der Waals surface area contributed by atoms with Crippen molar-refractivity contribution < 1.29 is 24.2 Å². The Bertz CT molecular complexity index is 484. The second-order valence-electron chi connectivity index (χ2n) is 4.64. The van der Waals surface area contributed by atoms with Crippen LogP contribution in [0.15, 0.2) is 30.3 Å². The lowest BCUT2D eigenvalue weighted by atomic mass is 10.0. The zero-order valence-electron chi connectivity index (χ0n) is 11.3. The lowest BCUT2D eigenvalue weighted by molar-refractivity contribution is -0.137. The molecule has 0 aliphatic carbocycles. The Morgan fingerprint density at radius 2 is 1.80 bits per heavy atom. The smallest absolute Gasteiger partial charge is 0.415 e. The van der Waals surface area contributed by atoms with Crippen molar-refractivity contribution in [1.29, 1.82) is 0 Å². The molecule has 0 bridgehead atoms. The molecule has 6 heteroatoms. The van der Waals surface area contributed by atoms with E-state index in [-0.39, 0.29) is 17.9 Å². The van der Waals surface area contributed by atoms with Crippen LogP contribution in [-0.2, 0) is 9.53 Å². The third-order valence-electron chi connectivity index (χ3n) is 2.70. The van der Waals surface area contributed by atoms with Gasteiger partial charge in [-0.3, -0.25) is 4.79 Å². The fourth-order valence-corrected chi connectivity index (χ4v) is 1.54. The summed E-state index contributed by atoms with van der Waals surface area (Å²) >= 11 is 0. The molecule has 1 aromatic carbocycles. The SMILES string of the molecule is CC(C)[C@@H](CC(=O)O)NC(=O)OC(=O)c1ccccc1. The van der Waals surface area contributed by atoms with Crippen LogP contribution < -0.4 is 5.32 Å². The summed E-state index contributed by atoms with van der Waals surface area (Å²) in [6.45, 7) is 3.54. The predicted octanol–water partition coefficient (Wildman–Crippen LogP) is 2.05. The van der Waals surface area contributed by atoms with E-state index in [1.807, 2.05) is 0 Å². The highest BCUT2D eigenvalue weighted by Gasteiger charge is 2.21. The van der Waals surface area contributed by atoms with Gasteiger partial charge in [-0.25, -0.2) is 9.59 Å². The lowest BCUT2D eigenvalue weighted by Gasteiger charge is -2.19. The van der Waals surface area contributed by atoms with Gasteiger partial charge in [0.05, 0.1) is 12.0 Å². The first-order valence-electron chi connectivity index (χ1n) is 6.19. The Balaban J connectivity index is 2.58. The number of hydrogen-bond donors (Lipinski definition) is 2. The molecule has 0 aromatic heterocycles. The van der Waals surface area contributed by atoms with Crippen molar-refractivity contribution in [2.75, 3.05) is 0 Å². The van der Waals surface area contributed by atoms with Gasteiger partial charge in [-0.1, -0.05) is 32.0 Å². The summed E-state index contributed by atoms with van der Waals surface area (Å²) in [5.41, 5.74) is 0.252. The van der Waals surface area contributed by atoms with Crippen LogP contribution in [0.4, 0.5) is 4.79 Å². The summed E-state index contributed by atoms with van der Waals surface area (Å²) in [7, 11) is 0. The van der Waals surface area contributed by atoms with Gasteiger partial charge in [-0.05, 0) is 18.1 Å². The molecule has 20 heavy (non-hydrogen) atoms. The fraction of sp³-hybridized carbons (Fsp3) is 0.357. The first-order valence-corrected chi connectivity index (χ1v) is 6.19. The van der Waals surface area contributed by atoms with Crippen molar-refractivity contribution in [1.82, 2.24) is 5.32 Å². The first kappa shape index (κ1) is 15.7. The van der Waals surface area contributed by atoms with Crippen LogP contribution >= 0.6 is 0 Å². The summed E-state index contributed by atoms with van der Waals surface area (Å²) in [5.74, 6) is -1.90. The maximum Gasteiger partial charge on any atom is 0.415 e. The highest BCUT2D eigenvalue weighted by molar-refractivity contribution is 5.96. The maximum absolute atomic E-state index is 11.6. The number of alkyl carbamates (subject to hydrolysis) is 1. The minimum absolute atomic E-state index is 0.0922. The zero-order chi connectivity index (χ0) is 15.1. The molecule has 2 N–H and O–H groups in total. The van der Waals surface area contributed by atoms with Crippen molar-refractivity contribution in [2.24, 2.45) is 5.92 Å². The number of nitrogens with one attached hydrogen (secondary N) is 1. The van der Waals surface area contributed by atoms with Gasteiger partial charge in [-0.2, -0.15) is 0 Å². The quantitative estimate of drug-likeness (QED) is 0.635. The molecular formula is C14H17NO5. The van der Waals surface area contributed by atoms with Gasteiger partial charge >= 0.3 is 18.0 Å². The standard InChI is InChI=1S/C14H17NO5/c1-9(2)11(8-12(16)17)15-14(19)20-13(18)10-6-4-3-5-7-10/h3-7,9,11H,8H2,1-2H3,(H,15,19)(H,16,17)/t11-/m1/s1. The largest absolute Gasteiger partial charge is 0.481 e. The molecule has 0 aliphatic heterocycles. The van der Waals surface area contributed by atoms with Gasteiger partial charge in [0.2, 0.25) is 0 Å². The van der Waals surface area contributed by atoms with Crippen LogP contribution in [0.25, 0.3) is 0 Å². The molecule has 0 unspecified atom stereocenters. The fourth-order valence-electron chi connectivity index (χ4n) is 1.54. The summed E-state index contributed by atoms with van der Waals surface area (Å²) in [6.07, 6.45) is -1.18. The van der Waals surface area contributed by atoms with Crippen molar-refractivity contribution in [3.63, 3.8) is 0 Å². The van der Waals surface area contributed by atoms with E-state index in [1.165, 1.54) is 12.1 Å². The second-order valence-corrected chi connectivity index (χ2v) is 4.64. The molecule has 6 nitrogen and oxygen atoms in total.